The van der Waals surface area contributed by atoms with Crippen molar-refractivity contribution < 1.29 is 31.2 Å². The fourth-order valence-electron chi connectivity index (χ4n) is 3.40. The molecule has 0 saturated heterocycles. The molecule has 37 heavy (non-hydrogen) atoms. The van der Waals surface area contributed by atoms with Gasteiger partial charge in [0.25, 0.3) is 0 Å². The normalized spacial score (nSPS) is 12.6. The zero-order valence-electron chi connectivity index (χ0n) is 20.5. The molecule has 0 heterocycles. The van der Waals surface area contributed by atoms with Gasteiger partial charge in [0.1, 0.15) is 12.6 Å². The first-order chi connectivity index (χ1) is 17.1. The highest BCUT2D eigenvalue weighted by molar-refractivity contribution is 7.92. The molecular weight excluding hydrogens is 554 g/mol. The van der Waals surface area contributed by atoms with Gasteiger partial charge in [0.2, 0.25) is 21.8 Å². The molecule has 13 heteroatoms. The fourth-order valence-corrected chi connectivity index (χ4v) is 4.57. The number of amides is 2. The summed E-state index contributed by atoms with van der Waals surface area (Å²) in [4.78, 5) is 27.4. The molecule has 204 valence electrons. The van der Waals surface area contributed by atoms with Gasteiger partial charge in [-0.05, 0) is 49.2 Å². The molecular formula is C24H28Cl2F3N3O4S. The van der Waals surface area contributed by atoms with E-state index in [4.69, 9.17) is 23.2 Å². The SMILES string of the molecule is CCCCNC(=O)C(C)N(Cc1ccc(Cl)c(Cl)c1)C(=O)CN(c1cccc(C(F)(F)F)c1)S(C)(=O)=O. The highest BCUT2D eigenvalue weighted by atomic mass is 35.5. The van der Waals surface area contributed by atoms with E-state index < -0.39 is 46.2 Å². The molecule has 1 N–H and O–H groups in total. The zero-order valence-corrected chi connectivity index (χ0v) is 22.8. The topological polar surface area (TPSA) is 86.8 Å². The summed E-state index contributed by atoms with van der Waals surface area (Å²) in [6, 6.07) is 7.25. The molecule has 2 rings (SSSR count). The number of carbonyl (C=O) groups excluding carboxylic acids is 2. The second-order valence-electron chi connectivity index (χ2n) is 8.41. The summed E-state index contributed by atoms with van der Waals surface area (Å²) in [6.07, 6.45) is -2.38. The zero-order chi connectivity index (χ0) is 28.0. The third-order valence-electron chi connectivity index (χ3n) is 5.47. The Morgan fingerprint density at radius 3 is 2.32 bits per heavy atom. The van der Waals surface area contributed by atoms with Gasteiger partial charge >= 0.3 is 6.18 Å². The maximum absolute atomic E-state index is 13.4. The summed E-state index contributed by atoms with van der Waals surface area (Å²) in [5, 5.41) is 3.22. The number of alkyl halides is 3. The van der Waals surface area contributed by atoms with Gasteiger partial charge in [0.15, 0.2) is 0 Å². The number of anilines is 1. The standard InChI is InChI=1S/C24H28Cl2F3N3O4S/c1-4-5-11-30-23(34)16(2)31(14-17-9-10-20(25)21(26)12-17)22(33)15-32(37(3,35)36)19-8-6-7-18(13-19)24(27,28)29/h6-10,12-13,16H,4-5,11,14-15H2,1-3H3,(H,30,34). The summed E-state index contributed by atoms with van der Waals surface area (Å²) in [5.41, 5.74) is -0.886. The van der Waals surface area contributed by atoms with Crippen LogP contribution in [0.25, 0.3) is 0 Å². The molecule has 0 spiro atoms. The van der Waals surface area contributed by atoms with Gasteiger partial charge in [-0.15, -0.1) is 0 Å². The van der Waals surface area contributed by atoms with Crippen molar-refractivity contribution in [1.29, 1.82) is 0 Å². The van der Waals surface area contributed by atoms with Crippen molar-refractivity contribution in [3.63, 3.8) is 0 Å². The Hall–Kier alpha value is -2.50. The number of sulfonamides is 1. The van der Waals surface area contributed by atoms with Gasteiger partial charge in [-0.2, -0.15) is 13.2 Å². The highest BCUT2D eigenvalue weighted by Crippen LogP contribution is 2.32. The van der Waals surface area contributed by atoms with E-state index in [0.29, 0.717) is 22.5 Å². The number of hydrogen-bond donors (Lipinski definition) is 1. The van der Waals surface area contributed by atoms with Crippen molar-refractivity contribution in [2.24, 2.45) is 0 Å². The van der Waals surface area contributed by atoms with Crippen molar-refractivity contribution in [3.05, 3.63) is 63.6 Å². The first kappa shape index (κ1) is 30.7. The molecule has 7 nitrogen and oxygen atoms in total. The van der Waals surface area contributed by atoms with Gasteiger partial charge in [-0.3, -0.25) is 13.9 Å². The highest BCUT2D eigenvalue weighted by Gasteiger charge is 2.33. The molecule has 0 saturated carbocycles. The molecule has 0 aliphatic heterocycles. The van der Waals surface area contributed by atoms with Crippen LogP contribution in [0.5, 0.6) is 0 Å². The number of benzene rings is 2. The predicted molar refractivity (Wildman–Crippen MR) is 138 cm³/mol. The van der Waals surface area contributed by atoms with Crippen LogP contribution in [-0.4, -0.2) is 50.5 Å². The molecule has 0 fully saturated rings. The lowest BCUT2D eigenvalue weighted by Crippen LogP contribution is -2.51. The predicted octanol–water partition coefficient (Wildman–Crippen LogP) is 5.11. The second kappa shape index (κ2) is 12.8. The van der Waals surface area contributed by atoms with Crippen LogP contribution < -0.4 is 9.62 Å². The van der Waals surface area contributed by atoms with Crippen molar-refractivity contribution in [1.82, 2.24) is 10.2 Å². The quantitative estimate of drug-likeness (QED) is 0.373. The van der Waals surface area contributed by atoms with Crippen LogP contribution in [0.4, 0.5) is 18.9 Å². The third-order valence-corrected chi connectivity index (χ3v) is 7.35. The lowest BCUT2D eigenvalue weighted by atomic mass is 10.1. The molecule has 0 aliphatic rings. The molecule has 1 unspecified atom stereocenters. The second-order valence-corrected chi connectivity index (χ2v) is 11.1. The van der Waals surface area contributed by atoms with Crippen LogP contribution in [0, 0.1) is 0 Å². The molecule has 2 aromatic rings. The van der Waals surface area contributed by atoms with Gasteiger partial charge in [-0.25, -0.2) is 8.42 Å². The van der Waals surface area contributed by atoms with E-state index >= 15 is 0 Å². The number of nitrogens with one attached hydrogen (secondary N) is 1. The summed E-state index contributed by atoms with van der Waals surface area (Å²) in [5.74, 6) is -1.26. The number of halogens is 5. The Morgan fingerprint density at radius 2 is 1.76 bits per heavy atom. The van der Waals surface area contributed by atoms with Crippen molar-refractivity contribution >= 4 is 50.7 Å². The number of rotatable bonds is 11. The van der Waals surface area contributed by atoms with E-state index in [1.807, 2.05) is 6.92 Å². The average molecular weight is 582 g/mol. The number of nitrogens with zero attached hydrogens (tertiary/aromatic N) is 2. The Labute approximate surface area is 224 Å². The van der Waals surface area contributed by atoms with Crippen LogP contribution in [0.3, 0.4) is 0 Å². The van der Waals surface area contributed by atoms with Crippen LogP contribution in [0.1, 0.15) is 37.8 Å². The summed E-state index contributed by atoms with van der Waals surface area (Å²) < 4.78 is 65.4. The monoisotopic (exact) mass is 581 g/mol. The minimum Gasteiger partial charge on any atom is -0.354 e. The van der Waals surface area contributed by atoms with E-state index in [2.05, 4.69) is 5.32 Å². The molecule has 2 aromatic carbocycles. The van der Waals surface area contributed by atoms with Crippen molar-refractivity contribution in [2.45, 2.75) is 45.5 Å². The molecule has 2 amide bonds. The summed E-state index contributed by atoms with van der Waals surface area (Å²) >= 11 is 12.1. The Bertz CT molecular complexity index is 1230. The Morgan fingerprint density at radius 1 is 1.08 bits per heavy atom. The van der Waals surface area contributed by atoms with E-state index in [9.17, 15) is 31.2 Å². The molecule has 0 aliphatic carbocycles. The number of carbonyl (C=O) groups is 2. The number of hydrogen-bond acceptors (Lipinski definition) is 4. The minimum absolute atomic E-state index is 0.127. The largest absolute Gasteiger partial charge is 0.416 e. The van der Waals surface area contributed by atoms with Gasteiger partial charge in [-0.1, -0.05) is 48.7 Å². The first-order valence-corrected chi connectivity index (χ1v) is 13.9. The lowest BCUT2D eigenvalue weighted by molar-refractivity contribution is -0.139. The molecule has 0 radical (unpaired) electrons. The first-order valence-electron chi connectivity index (χ1n) is 11.3. The van der Waals surface area contributed by atoms with Crippen molar-refractivity contribution in [3.8, 4) is 0 Å². The fraction of sp³-hybridized carbons (Fsp3) is 0.417. The molecule has 0 bridgehead atoms. The van der Waals surface area contributed by atoms with Crippen molar-refractivity contribution in [2.75, 3.05) is 23.7 Å². The third kappa shape index (κ3) is 8.79. The van der Waals surface area contributed by atoms with Gasteiger partial charge in [0, 0.05) is 13.1 Å². The Balaban J connectivity index is 2.43. The smallest absolute Gasteiger partial charge is 0.354 e. The number of unbranched alkanes of at least 4 members (excludes halogenated alkanes) is 1. The van der Waals surface area contributed by atoms with Crippen LogP contribution in [-0.2, 0) is 32.3 Å². The van der Waals surface area contributed by atoms with E-state index in [-0.39, 0.29) is 22.3 Å². The summed E-state index contributed by atoms with van der Waals surface area (Å²) in [6.45, 7) is 2.86. The van der Waals surface area contributed by atoms with Crippen LogP contribution >= 0.6 is 23.2 Å². The molecule has 0 aromatic heterocycles. The van der Waals surface area contributed by atoms with Crippen LogP contribution in [0.2, 0.25) is 10.0 Å². The maximum atomic E-state index is 13.4. The van der Waals surface area contributed by atoms with Gasteiger partial charge < -0.3 is 10.2 Å². The Kier molecular flexibility index (Phi) is 10.7. The minimum atomic E-state index is -4.71. The summed E-state index contributed by atoms with van der Waals surface area (Å²) in [7, 11) is -4.18. The maximum Gasteiger partial charge on any atom is 0.416 e. The van der Waals surface area contributed by atoms with E-state index in [1.165, 1.54) is 19.1 Å². The van der Waals surface area contributed by atoms with E-state index in [1.54, 1.807) is 6.07 Å². The van der Waals surface area contributed by atoms with Gasteiger partial charge in [0.05, 0.1) is 27.6 Å². The molecule has 1 atom stereocenters. The lowest BCUT2D eigenvalue weighted by Gasteiger charge is -2.31. The van der Waals surface area contributed by atoms with Crippen LogP contribution in [0.15, 0.2) is 42.5 Å². The average Bonchev–Trinajstić information content (AvgIpc) is 2.81. The van der Waals surface area contributed by atoms with E-state index in [0.717, 1.165) is 42.2 Å².